The Kier molecular flexibility index (Phi) is 7.70. The monoisotopic (exact) mass is 381 g/mol. The molecule has 1 atom stereocenters. The Bertz CT molecular complexity index is 604. The molecule has 1 nitrogen and oxygen atoms in total. The van der Waals surface area contributed by atoms with Gasteiger partial charge < -0.3 is 5.32 Å². The maximum absolute atomic E-state index is 6.34. The highest BCUT2D eigenvalue weighted by molar-refractivity contribution is 7.83. The van der Waals surface area contributed by atoms with Crippen molar-refractivity contribution >= 4 is 36.7 Å². The summed E-state index contributed by atoms with van der Waals surface area (Å²) in [7, 11) is -2.25. The SMILES string of the molecule is C[P+](C)(CCNCC[P+](C)(CCl)c1ccccc1)c1ccccc1. The number of halogens is 1. The molecule has 0 bridgehead atoms. The molecular formula is C20H30ClNP2+2. The van der Waals surface area contributed by atoms with Crippen LogP contribution in [-0.4, -0.2) is 51.0 Å². The van der Waals surface area contributed by atoms with Crippen molar-refractivity contribution in [1.29, 1.82) is 0 Å². The van der Waals surface area contributed by atoms with Crippen LogP contribution >= 0.6 is 26.1 Å². The van der Waals surface area contributed by atoms with Crippen LogP contribution in [0.25, 0.3) is 0 Å². The van der Waals surface area contributed by atoms with Crippen LogP contribution < -0.4 is 15.9 Å². The molecule has 4 heteroatoms. The van der Waals surface area contributed by atoms with Gasteiger partial charge in [-0.3, -0.25) is 0 Å². The molecule has 24 heavy (non-hydrogen) atoms. The van der Waals surface area contributed by atoms with Gasteiger partial charge in [-0.05, 0) is 24.3 Å². The molecule has 2 aromatic rings. The van der Waals surface area contributed by atoms with E-state index in [2.05, 4.69) is 86.0 Å². The van der Waals surface area contributed by atoms with Gasteiger partial charge in [0.05, 0.1) is 50.2 Å². The van der Waals surface area contributed by atoms with E-state index in [1.807, 2.05) is 0 Å². The molecule has 1 unspecified atom stereocenters. The maximum Gasteiger partial charge on any atom is 0.137 e. The zero-order chi connectivity index (χ0) is 17.5. The van der Waals surface area contributed by atoms with Crippen LogP contribution in [0.2, 0.25) is 0 Å². The highest BCUT2D eigenvalue weighted by Crippen LogP contribution is 2.54. The van der Waals surface area contributed by atoms with Crippen LogP contribution in [0.3, 0.4) is 0 Å². The van der Waals surface area contributed by atoms with Crippen LogP contribution in [-0.2, 0) is 0 Å². The van der Waals surface area contributed by atoms with Gasteiger partial charge in [0, 0.05) is 20.4 Å². The van der Waals surface area contributed by atoms with Gasteiger partial charge >= 0.3 is 0 Å². The van der Waals surface area contributed by atoms with Crippen molar-refractivity contribution in [3.05, 3.63) is 60.7 Å². The first-order chi connectivity index (χ1) is 11.5. The van der Waals surface area contributed by atoms with E-state index in [0.29, 0.717) is 0 Å². The highest BCUT2D eigenvalue weighted by Gasteiger charge is 2.33. The molecule has 1 N–H and O–H groups in total. The molecule has 2 aromatic carbocycles. The number of rotatable bonds is 9. The predicted molar refractivity (Wildman–Crippen MR) is 117 cm³/mol. The molecule has 0 radical (unpaired) electrons. The summed E-state index contributed by atoms with van der Waals surface area (Å²) in [5.74, 6) is 0. The lowest BCUT2D eigenvalue weighted by atomic mass is 10.4. The first kappa shape index (κ1) is 19.9. The quantitative estimate of drug-likeness (QED) is 0.387. The minimum absolute atomic E-state index is 0.765. The van der Waals surface area contributed by atoms with Gasteiger partial charge in [-0.25, -0.2) is 0 Å². The van der Waals surface area contributed by atoms with E-state index in [0.717, 1.165) is 18.7 Å². The number of nitrogens with one attached hydrogen (secondary N) is 1. The molecular weight excluding hydrogens is 352 g/mol. The summed E-state index contributed by atoms with van der Waals surface area (Å²) in [4.78, 5) is 0. The van der Waals surface area contributed by atoms with Gasteiger partial charge in [0.1, 0.15) is 5.62 Å². The van der Waals surface area contributed by atoms with E-state index in [1.165, 1.54) is 22.9 Å². The lowest BCUT2D eigenvalue weighted by molar-refractivity contribution is 0.768. The zero-order valence-corrected chi connectivity index (χ0v) is 17.6. The Labute approximate surface area is 153 Å². The maximum atomic E-state index is 6.34. The second-order valence-corrected chi connectivity index (χ2v) is 16.1. The minimum Gasteiger partial charge on any atom is -0.310 e. The summed E-state index contributed by atoms with van der Waals surface area (Å²) in [6.45, 7) is 9.39. The van der Waals surface area contributed by atoms with Gasteiger partial charge in [-0.1, -0.05) is 48.0 Å². The number of hydrogen-bond donors (Lipinski definition) is 1. The summed E-state index contributed by atoms with van der Waals surface area (Å²) in [5.41, 5.74) is 0.765. The average molecular weight is 382 g/mol. The first-order valence-corrected chi connectivity index (χ1v) is 14.5. The molecule has 0 aromatic heterocycles. The lowest BCUT2D eigenvalue weighted by Gasteiger charge is -2.21. The first-order valence-electron chi connectivity index (χ1n) is 8.53. The van der Waals surface area contributed by atoms with Crippen molar-refractivity contribution in [2.75, 3.05) is 51.0 Å². The Balaban J connectivity index is 1.80. The third-order valence-corrected chi connectivity index (χ3v) is 12.6. The molecule has 0 aliphatic heterocycles. The third kappa shape index (κ3) is 5.53. The van der Waals surface area contributed by atoms with Gasteiger partial charge in [0.15, 0.2) is 0 Å². The molecule has 0 saturated carbocycles. The van der Waals surface area contributed by atoms with Crippen molar-refractivity contribution in [2.24, 2.45) is 0 Å². The Morgan fingerprint density at radius 1 is 0.750 bits per heavy atom. The van der Waals surface area contributed by atoms with E-state index < -0.39 is 14.5 Å². The average Bonchev–Trinajstić information content (AvgIpc) is 2.62. The van der Waals surface area contributed by atoms with Gasteiger partial charge in [-0.2, -0.15) is 0 Å². The summed E-state index contributed by atoms with van der Waals surface area (Å²) < 4.78 is 0. The number of alkyl halides is 1. The van der Waals surface area contributed by atoms with Gasteiger partial charge in [-0.15, -0.1) is 0 Å². The van der Waals surface area contributed by atoms with Crippen LogP contribution in [0.4, 0.5) is 0 Å². The molecule has 0 amide bonds. The highest BCUT2D eigenvalue weighted by atomic mass is 35.5. The zero-order valence-electron chi connectivity index (χ0n) is 15.1. The Hall–Kier alpha value is -0.450. The largest absolute Gasteiger partial charge is 0.310 e. The third-order valence-electron chi connectivity index (χ3n) is 4.73. The summed E-state index contributed by atoms with van der Waals surface area (Å²) in [5, 5.41) is 6.63. The van der Waals surface area contributed by atoms with Gasteiger partial charge in [0.2, 0.25) is 0 Å². The van der Waals surface area contributed by atoms with E-state index in [-0.39, 0.29) is 0 Å². The summed E-state index contributed by atoms with van der Waals surface area (Å²) in [6.07, 6.45) is 2.42. The van der Waals surface area contributed by atoms with Crippen LogP contribution in [0.1, 0.15) is 0 Å². The Morgan fingerprint density at radius 3 is 1.79 bits per heavy atom. The van der Waals surface area contributed by atoms with Crippen molar-refractivity contribution in [3.63, 3.8) is 0 Å². The Morgan fingerprint density at radius 2 is 1.25 bits per heavy atom. The molecule has 0 heterocycles. The predicted octanol–water partition coefficient (Wildman–Crippen LogP) is 4.35. The van der Waals surface area contributed by atoms with E-state index >= 15 is 0 Å². The topological polar surface area (TPSA) is 12.0 Å². The lowest BCUT2D eigenvalue weighted by Crippen LogP contribution is -2.28. The molecule has 0 aliphatic rings. The van der Waals surface area contributed by atoms with Crippen LogP contribution in [0.5, 0.6) is 0 Å². The van der Waals surface area contributed by atoms with Crippen molar-refractivity contribution < 1.29 is 0 Å². The smallest absolute Gasteiger partial charge is 0.137 e. The number of hydrogen-bond acceptors (Lipinski definition) is 1. The van der Waals surface area contributed by atoms with Crippen LogP contribution in [0.15, 0.2) is 60.7 Å². The molecule has 2 rings (SSSR count). The molecule has 0 fully saturated rings. The second-order valence-electron chi connectivity index (χ2n) is 7.07. The van der Waals surface area contributed by atoms with E-state index in [4.69, 9.17) is 11.6 Å². The van der Waals surface area contributed by atoms with Crippen LogP contribution in [0, 0.1) is 0 Å². The fourth-order valence-corrected chi connectivity index (χ4v) is 7.60. The fourth-order valence-electron chi connectivity index (χ4n) is 2.82. The standard InChI is InChI=1S/C20H30ClNP2/c1-23(2,19-10-6-4-7-11-19)16-14-22-15-17-24(3,18-21)20-12-8-5-9-13-20/h4-13,22H,14-18H2,1-3H3/q+2. The van der Waals surface area contributed by atoms with Crippen molar-refractivity contribution in [2.45, 2.75) is 0 Å². The van der Waals surface area contributed by atoms with E-state index in [1.54, 1.807) is 0 Å². The van der Waals surface area contributed by atoms with Crippen molar-refractivity contribution in [1.82, 2.24) is 5.32 Å². The molecule has 0 saturated heterocycles. The van der Waals surface area contributed by atoms with Crippen molar-refractivity contribution in [3.8, 4) is 0 Å². The minimum atomic E-state index is -1.23. The molecule has 0 aliphatic carbocycles. The van der Waals surface area contributed by atoms with Gasteiger partial charge in [0.25, 0.3) is 0 Å². The number of benzene rings is 2. The fraction of sp³-hybridized carbons (Fsp3) is 0.400. The normalized spacial score (nSPS) is 14.3. The molecule has 0 spiro atoms. The second kappa shape index (κ2) is 9.30. The van der Waals surface area contributed by atoms with E-state index in [9.17, 15) is 0 Å². The summed E-state index contributed by atoms with van der Waals surface area (Å²) >= 11 is 6.34. The molecule has 130 valence electrons. The summed E-state index contributed by atoms with van der Waals surface area (Å²) in [6, 6.07) is 21.8.